The van der Waals surface area contributed by atoms with Crippen molar-refractivity contribution in [2.75, 3.05) is 12.3 Å². The monoisotopic (exact) mass is 335 g/mol. The van der Waals surface area contributed by atoms with Crippen molar-refractivity contribution in [3.8, 4) is 17.2 Å². The number of anilines is 1. The van der Waals surface area contributed by atoms with Crippen molar-refractivity contribution in [2.45, 2.75) is 20.3 Å². The van der Waals surface area contributed by atoms with Gasteiger partial charge < -0.3 is 15.2 Å². The molecule has 2 rings (SSSR count). The van der Waals surface area contributed by atoms with E-state index < -0.39 is 0 Å². The first kappa shape index (κ1) is 14.7. The Kier molecular flexibility index (Phi) is 4.90. The summed E-state index contributed by atoms with van der Waals surface area (Å²) in [7, 11) is 0. The number of rotatable bonds is 5. The highest BCUT2D eigenvalue weighted by atomic mass is 79.9. The number of aryl methyl sites for hydroxylation is 1. The largest absolute Gasteiger partial charge is 0.491 e. The molecule has 0 saturated carbocycles. The molecule has 0 radical (unpaired) electrons. The molecule has 0 aliphatic rings. The van der Waals surface area contributed by atoms with Crippen LogP contribution in [0, 0.1) is 6.92 Å². The van der Waals surface area contributed by atoms with Crippen molar-refractivity contribution in [3.63, 3.8) is 0 Å². The number of hydrogen-bond donors (Lipinski definition) is 1. The van der Waals surface area contributed by atoms with E-state index in [9.17, 15) is 0 Å². The second-order valence-electron chi connectivity index (χ2n) is 4.56. The average Bonchev–Trinajstić information content (AvgIpc) is 2.42. The number of hydrogen-bond acceptors (Lipinski definition) is 3. The molecule has 0 bridgehead atoms. The third kappa shape index (κ3) is 3.67. The second-order valence-corrected chi connectivity index (χ2v) is 5.48. The van der Waals surface area contributed by atoms with Gasteiger partial charge in [-0.15, -0.1) is 0 Å². The molecule has 0 aliphatic heterocycles. The van der Waals surface area contributed by atoms with Crippen molar-refractivity contribution < 1.29 is 9.47 Å². The molecule has 106 valence electrons. The Balaban J connectivity index is 2.20. The Bertz CT molecular complexity index is 599. The summed E-state index contributed by atoms with van der Waals surface area (Å²) in [4.78, 5) is 0. The molecule has 0 aliphatic carbocycles. The van der Waals surface area contributed by atoms with E-state index in [1.54, 1.807) is 6.07 Å². The highest BCUT2D eigenvalue weighted by Crippen LogP contribution is 2.32. The third-order valence-corrected chi connectivity index (χ3v) is 3.30. The van der Waals surface area contributed by atoms with Crippen molar-refractivity contribution >= 4 is 21.6 Å². The lowest BCUT2D eigenvalue weighted by Gasteiger charge is -2.12. The zero-order valence-electron chi connectivity index (χ0n) is 11.7. The van der Waals surface area contributed by atoms with Crippen molar-refractivity contribution in [1.29, 1.82) is 0 Å². The molecule has 4 heteroatoms. The zero-order valence-corrected chi connectivity index (χ0v) is 13.2. The van der Waals surface area contributed by atoms with Crippen LogP contribution >= 0.6 is 15.9 Å². The molecule has 0 saturated heterocycles. The van der Waals surface area contributed by atoms with Crippen LogP contribution in [0.15, 0.2) is 40.9 Å². The molecule has 20 heavy (non-hydrogen) atoms. The predicted molar refractivity (Wildman–Crippen MR) is 85.6 cm³/mol. The molecule has 2 aromatic rings. The molecule has 0 heterocycles. The average molecular weight is 336 g/mol. The standard InChI is InChI=1S/C16H18BrNO2/c1-3-8-19-16-10-13(5-6-14(16)18)20-15-7-4-12(17)9-11(15)2/h4-7,9-10H,3,8,18H2,1-2H3. The summed E-state index contributed by atoms with van der Waals surface area (Å²) in [6, 6.07) is 11.4. The molecule has 0 amide bonds. The highest BCUT2D eigenvalue weighted by Gasteiger charge is 2.06. The molecule has 2 N–H and O–H groups in total. The van der Waals surface area contributed by atoms with Crippen LogP contribution in [0.2, 0.25) is 0 Å². The van der Waals surface area contributed by atoms with Crippen molar-refractivity contribution in [3.05, 3.63) is 46.4 Å². The quantitative estimate of drug-likeness (QED) is 0.788. The molecule has 0 atom stereocenters. The van der Waals surface area contributed by atoms with Gasteiger partial charge in [0.2, 0.25) is 0 Å². The summed E-state index contributed by atoms with van der Waals surface area (Å²) in [5.74, 6) is 2.20. The summed E-state index contributed by atoms with van der Waals surface area (Å²) in [6.45, 7) is 4.71. The van der Waals surface area contributed by atoms with Gasteiger partial charge in [0.05, 0.1) is 12.3 Å². The Morgan fingerprint density at radius 1 is 1.10 bits per heavy atom. The second kappa shape index (κ2) is 6.66. The number of ether oxygens (including phenoxy) is 2. The van der Waals surface area contributed by atoms with Gasteiger partial charge in [-0.25, -0.2) is 0 Å². The lowest BCUT2D eigenvalue weighted by atomic mass is 10.2. The van der Waals surface area contributed by atoms with Crippen LogP contribution in [0.3, 0.4) is 0 Å². The van der Waals surface area contributed by atoms with Crippen LogP contribution in [0.5, 0.6) is 17.2 Å². The number of halogens is 1. The molecule has 3 nitrogen and oxygen atoms in total. The first-order valence-electron chi connectivity index (χ1n) is 6.56. The van der Waals surface area contributed by atoms with Gasteiger partial charge in [-0.2, -0.15) is 0 Å². The smallest absolute Gasteiger partial charge is 0.145 e. The van der Waals surface area contributed by atoms with Crippen LogP contribution in [0.1, 0.15) is 18.9 Å². The lowest BCUT2D eigenvalue weighted by molar-refractivity contribution is 0.317. The Morgan fingerprint density at radius 2 is 1.90 bits per heavy atom. The SMILES string of the molecule is CCCOc1cc(Oc2ccc(Br)cc2C)ccc1N. The van der Waals surface area contributed by atoms with E-state index in [4.69, 9.17) is 15.2 Å². The Labute approximate surface area is 127 Å². The summed E-state index contributed by atoms with van der Waals surface area (Å²) in [6.07, 6.45) is 0.941. The number of nitrogens with two attached hydrogens (primary N) is 1. The lowest BCUT2D eigenvalue weighted by Crippen LogP contribution is -1.99. The van der Waals surface area contributed by atoms with Gasteiger partial charge in [-0.05, 0) is 49.2 Å². The van der Waals surface area contributed by atoms with Crippen LogP contribution in [-0.4, -0.2) is 6.61 Å². The fourth-order valence-corrected chi connectivity index (χ4v) is 2.25. The maximum absolute atomic E-state index is 5.89. The van der Waals surface area contributed by atoms with Gasteiger partial charge in [-0.1, -0.05) is 22.9 Å². The molecular formula is C16H18BrNO2. The molecule has 0 spiro atoms. The van der Waals surface area contributed by atoms with E-state index in [-0.39, 0.29) is 0 Å². The summed E-state index contributed by atoms with van der Waals surface area (Å²) in [5.41, 5.74) is 7.57. The van der Waals surface area contributed by atoms with Gasteiger partial charge in [0.15, 0.2) is 0 Å². The molecule has 0 unspecified atom stereocenters. The number of benzene rings is 2. The molecule has 2 aromatic carbocycles. The van der Waals surface area contributed by atoms with Gasteiger partial charge in [-0.3, -0.25) is 0 Å². The third-order valence-electron chi connectivity index (χ3n) is 2.81. The Morgan fingerprint density at radius 3 is 2.60 bits per heavy atom. The maximum atomic E-state index is 5.89. The molecular weight excluding hydrogens is 318 g/mol. The van der Waals surface area contributed by atoms with E-state index >= 15 is 0 Å². The zero-order chi connectivity index (χ0) is 14.5. The van der Waals surface area contributed by atoms with E-state index in [0.717, 1.165) is 28.0 Å². The first-order chi connectivity index (χ1) is 9.60. The highest BCUT2D eigenvalue weighted by molar-refractivity contribution is 9.10. The topological polar surface area (TPSA) is 44.5 Å². The fourth-order valence-electron chi connectivity index (χ4n) is 1.77. The number of nitrogen functional groups attached to an aromatic ring is 1. The first-order valence-corrected chi connectivity index (χ1v) is 7.35. The van der Waals surface area contributed by atoms with Crippen LogP contribution in [0.4, 0.5) is 5.69 Å². The normalized spacial score (nSPS) is 10.3. The van der Waals surface area contributed by atoms with E-state index in [1.165, 1.54) is 0 Å². The van der Waals surface area contributed by atoms with Crippen molar-refractivity contribution in [1.82, 2.24) is 0 Å². The summed E-state index contributed by atoms with van der Waals surface area (Å²) in [5, 5.41) is 0. The van der Waals surface area contributed by atoms with Gasteiger partial charge in [0.25, 0.3) is 0 Å². The minimum atomic E-state index is 0.623. The van der Waals surface area contributed by atoms with E-state index in [2.05, 4.69) is 22.9 Å². The summed E-state index contributed by atoms with van der Waals surface area (Å²) < 4.78 is 12.5. The van der Waals surface area contributed by atoms with Crippen LogP contribution in [-0.2, 0) is 0 Å². The van der Waals surface area contributed by atoms with Gasteiger partial charge in [0, 0.05) is 10.5 Å². The maximum Gasteiger partial charge on any atom is 0.145 e. The minimum Gasteiger partial charge on any atom is -0.491 e. The van der Waals surface area contributed by atoms with Crippen LogP contribution in [0.25, 0.3) is 0 Å². The Hall–Kier alpha value is -1.68. The molecule has 0 aromatic heterocycles. The predicted octanol–water partition coefficient (Wildman–Crippen LogP) is 4.92. The minimum absolute atomic E-state index is 0.623. The molecule has 0 fully saturated rings. The van der Waals surface area contributed by atoms with Crippen molar-refractivity contribution in [2.24, 2.45) is 0 Å². The van der Waals surface area contributed by atoms with E-state index in [0.29, 0.717) is 18.0 Å². The van der Waals surface area contributed by atoms with Gasteiger partial charge in [0.1, 0.15) is 17.2 Å². The fraction of sp³-hybridized carbons (Fsp3) is 0.250. The van der Waals surface area contributed by atoms with Crippen LogP contribution < -0.4 is 15.2 Å². The summed E-state index contributed by atoms with van der Waals surface area (Å²) >= 11 is 3.44. The van der Waals surface area contributed by atoms with Gasteiger partial charge >= 0.3 is 0 Å². The van der Waals surface area contributed by atoms with E-state index in [1.807, 2.05) is 37.3 Å².